The molecule has 0 heterocycles. The lowest BCUT2D eigenvalue weighted by Gasteiger charge is -2.29. The second-order valence-corrected chi connectivity index (χ2v) is 2.51. The fraction of sp³-hybridized carbons (Fsp3) is 0.714. The molecule has 0 unspecified atom stereocenters. The van der Waals surface area contributed by atoms with Crippen LogP contribution in [0.15, 0.2) is 0 Å². The third-order valence-corrected chi connectivity index (χ3v) is 2.01. The average Bonchev–Trinajstić information content (AvgIpc) is 1.86. The minimum atomic E-state index is -0.247. The molecule has 0 aliphatic heterocycles. The van der Waals surface area contributed by atoms with Crippen LogP contribution in [0.1, 0.15) is 12.8 Å². The molecule has 0 radical (unpaired) electrons. The van der Waals surface area contributed by atoms with E-state index in [4.69, 9.17) is 0 Å². The number of esters is 1. The molecule has 0 amide bonds. The van der Waals surface area contributed by atoms with Crippen molar-refractivity contribution in [1.82, 2.24) is 0 Å². The van der Waals surface area contributed by atoms with Gasteiger partial charge in [-0.15, -0.1) is 0 Å². The average molecular weight is 142 g/mol. The standard InChI is InChI=1S/C7H10O3/c1-10-7(9)6-3-2-5(6)4-8/h4-6H,2-3H2,1H3/t5-,6-/m1/s1. The van der Waals surface area contributed by atoms with Crippen molar-refractivity contribution in [2.45, 2.75) is 12.8 Å². The Morgan fingerprint density at radius 1 is 1.60 bits per heavy atom. The van der Waals surface area contributed by atoms with Gasteiger partial charge in [-0.25, -0.2) is 0 Å². The third kappa shape index (κ3) is 1.03. The Morgan fingerprint density at radius 2 is 2.30 bits per heavy atom. The normalized spacial score (nSPS) is 30.5. The molecule has 0 aromatic carbocycles. The van der Waals surface area contributed by atoms with Crippen LogP contribution in [0.5, 0.6) is 0 Å². The topological polar surface area (TPSA) is 43.4 Å². The highest BCUT2D eigenvalue weighted by atomic mass is 16.5. The van der Waals surface area contributed by atoms with Crippen LogP contribution in [0.3, 0.4) is 0 Å². The fourth-order valence-electron chi connectivity index (χ4n) is 1.13. The SMILES string of the molecule is COC(=O)[C@@H]1CC[C@@H]1C=O. The van der Waals surface area contributed by atoms with E-state index in [2.05, 4.69) is 4.74 Å². The molecule has 0 aromatic heterocycles. The highest BCUT2D eigenvalue weighted by Gasteiger charge is 2.36. The third-order valence-electron chi connectivity index (χ3n) is 2.01. The van der Waals surface area contributed by atoms with Crippen molar-refractivity contribution >= 4 is 12.3 Å². The van der Waals surface area contributed by atoms with E-state index in [1.54, 1.807) is 0 Å². The molecule has 3 heteroatoms. The van der Waals surface area contributed by atoms with E-state index in [1.807, 2.05) is 0 Å². The first-order valence-electron chi connectivity index (χ1n) is 3.32. The monoisotopic (exact) mass is 142 g/mol. The second kappa shape index (κ2) is 2.82. The first-order valence-corrected chi connectivity index (χ1v) is 3.32. The molecule has 3 nitrogen and oxygen atoms in total. The minimum Gasteiger partial charge on any atom is -0.469 e. The lowest BCUT2D eigenvalue weighted by Crippen LogP contribution is -2.34. The van der Waals surface area contributed by atoms with Crippen LogP contribution in [0.2, 0.25) is 0 Å². The van der Waals surface area contributed by atoms with Crippen LogP contribution >= 0.6 is 0 Å². The zero-order chi connectivity index (χ0) is 7.56. The molecule has 1 aliphatic rings. The van der Waals surface area contributed by atoms with E-state index in [9.17, 15) is 9.59 Å². The number of hydrogen-bond donors (Lipinski definition) is 0. The molecule has 0 aromatic rings. The van der Waals surface area contributed by atoms with E-state index >= 15 is 0 Å². The Bertz CT molecular complexity index is 153. The van der Waals surface area contributed by atoms with Crippen LogP contribution in [-0.2, 0) is 14.3 Å². The molecule has 0 bridgehead atoms. The molecule has 2 atom stereocenters. The summed E-state index contributed by atoms with van der Waals surface area (Å²) in [6.07, 6.45) is 2.48. The van der Waals surface area contributed by atoms with Gasteiger partial charge in [0.25, 0.3) is 0 Å². The number of rotatable bonds is 2. The molecular formula is C7H10O3. The molecule has 1 fully saturated rings. The van der Waals surface area contributed by atoms with Crippen molar-refractivity contribution in [1.29, 1.82) is 0 Å². The van der Waals surface area contributed by atoms with Gasteiger partial charge in [0, 0.05) is 5.92 Å². The van der Waals surface area contributed by atoms with Gasteiger partial charge >= 0.3 is 5.97 Å². The number of aldehydes is 1. The first kappa shape index (κ1) is 7.25. The summed E-state index contributed by atoms with van der Waals surface area (Å²) in [5.41, 5.74) is 0. The predicted molar refractivity (Wildman–Crippen MR) is 34.3 cm³/mol. The number of carbonyl (C=O) groups excluding carboxylic acids is 2. The van der Waals surface area contributed by atoms with Crippen molar-refractivity contribution in [3.05, 3.63) is 0 Å². The molecule has 1 aliphatic carbocycles. The summed E-state index contributed by atoms with van der Waals surface area (Å²) < 4.78 is 4.49. The smallest absolute Gasteiger partial charge is 0.309 e. The van der Waals surface area contributed by atoms with Gasteiger partial charge in [-0.1, -0.05) is 0 Å². The van der Waals surface area contributed by atoms with Crippen LogP contribution in [-0.4, -0.2) is 19.4 Å². The van der Waals surface area contributed by atoms with Gasteiger partial charge in [0.05, 0.1) is 13.0 Å². The quantitative estimate of drug-likeness (QED) is 0.413. The van der Waals surface area contributed by atoms with Gasteiger partial charge in [-0.05, 0) is 12.8 Å². The Hall–Kier alpha value is -0.860. The molecule has 10 heavy (non-hydrogen) atoms. The van der Waals surface area contributed by atoms with Crippen LogP contribution in [0.4, 0.5) is 0 Å². The molecule has 0 spiro atoms. The van der Waals surface area contributed by atoms with E-state index < -0.39 is 0 Å². The van der Waals surface area contributed by atoms with E-state index in [0.717, 1.165) is 19.1 Å². The van der Waals surface area contributed by atoms with Gasteiger partial charge in [-0.3, -0.25) is 4.79 Å². The minimum absolute atomic E-state index is 0.0764. The lowest BCUT2D eigenvalue weighted by atomic mass is 9.75. The summed E-state index contributed by atoms with van der Waals surface area (Å²) in [5.74, 6) is -0.474. The van der Waals surface area contributed by atoms with Crippen molar-refractivity contribution in [3.63, 3.8) is 0 Å². The summed E-state index contributed by atoms with van der Waals surface area (Å²) in [4.78, 5) is 21.0. The molecule has 1 rings (SSSR count). The summed E-state index contributed by atoms with van der Waals surface area (Å²) in [7, 11) is 1.35. The van der Waals surface area contributed by atoms with Gasteiger partial charge in [-0.2, -0.15) is 0 Å². The maximum Gasteiger partial charge on any atom is 0.309 e. The number of ether oxygens (including phenoxy) is 1. The number of hydrogen-bond acceptors (Lipinski definition) is 3. The maximum atomic E-state index is 10.8. The molecule has 0 N–H and O–H groups in total. The van der Waals surface area contributed by atoms with Crippen molar-refractivity contribution in [2.75, 3.05) is 7.11 Å². The maximum absolute atomic E-state index is 10.8. The molecular weight excluding hydrogens is 132 g/mol. The van der Waals surface area contributed by atoms with Crippen LogP contribution in [0, 0.1) is 11.8 Å². The van der Waals surface area contributed by atoms with E-state index in [1.165, 1.54) is 7.11 Å². The predicted octanol–water partition coefficient (Wildman–Crippen LogP) is 0.384. The van der Waals surface area contributed by atoms with Crippen LogP contribution < -0.4 is 0 Å². The van der Waals surface area contributed by atoms with Gasteiger partial charge in [0.2, 0.25) is 0 Å². The lowest BCUT2D eigenvalue weighted by molar-refractivity contribution is -0.153. The highest BCUT2D eigenvalue weighted by molar-refractivity contribution is 5.78. The number of methoxy groups -OCH3 is 1. The Labute approximate surface area is 59.4 Å². The van der Waals surface area contributed by atoms with Crippen molar-refractivity contribution in [3.8, 4) is 0 Å². The number of carbonyl (C=O) groups is 2. The largest absolute Gasteiger partial charge is 0.469 e. The van der Waals surface area contributed by atoms with Crippen LogP contribution in [0.25, 0.3) is 0 Å². The fourth-order valence-corrected chi connectivity index (χ4v) is 1.13. The summed E-state index contributed by atoms with van der Waals surface area (Å²) in [5, 5.41) is 0. The first-order chi connectivity index (χ1) is 4.79. The Morgan fingerprint density at radius 3 is 2.60 bits per heavy atom. The van der Waals surface area contributed by atoms with E-state index in [-0.39, 0.29) is 17.8 Å². The zero-order valence-electron chi connectivity index (χ0n) is 5.87. The summed E-state index contributed by atoms with van der Waals surface area (Å²) >= 11 is 0. The summed E-state index contributed by atoms with van der Waals surface area (Å²) in [6.45, 7) is 0. The van der Waals surface area contributed by atoms with Gasteiger partial charge in [0.1, 0.15) is 6.29 Å². The molecule has 1 saturated carbocycles. The second-order valence-electron chi connectivity index (χ2n) is 2.51. The van der Waals surface area contributed by atoms with Crippen molar-refractivity contribution < 1.29 is 14.3 Å². The van der Waals surface area contributed by atoms with E-state index in [0.29, 0.717) is 0 Å². The Kier molecular flexibility index (Phi) is 2.04. The molecule has 0 saturated heterocycles. The van der Waals surface area contributed by atoms with Crippen molar-refractivity contribution in [2.24, 2.45) is 11.8 Å². The van der Waals surface area contributed by atoms with Gasteiger partial charge in [0.15, 0.2) is 0 Å². The summed E-state index contributed by atoms with van der Waals surface area (Å²) in [6, 6.07) is 0. The highest BCUT2D eigenvalue weighted by Crippen LogP contribution is 2.33. The zero-order valence-corrected chi connectivity index (χ0v) is 5.87. The molecule has 56 valence electrons. The Balaban J connectivity index is 2.42. The van der Waals surface area contributed by atoms with Gasteiger partial charge < -0.3 is 9.53 Å².